The van der Waals surface area contributed by atoms with E-state index in [-0.39, 0.29) is 5.56 Å². The topological polar surface area (TPSA) is 68.9 Å². The minimum atomic E-state index is -0.0738. The van der Waals surface area contributed by atoms with E-state index >= 15 is 0 Å². The van der Waals surface area contributed by atoms with Gasteiger partial charge in [0.2, 0.25) is 0 Å². The van der Waals surface area contributed by atoms with Crippen molar-refractivity contribution in [1.29, 1.82) is 0 Å². The molecule has 0 spiro atoms. The van der Waals surface area contributed by atoms with Gasteiger partial charge < -0.3 is 11.1 Å². The summed E-state index contributed by atoms with van der Waals surface area (Å²) in [6, 6.07) is 6.14. The van der Waals surface area contributed by atoms with Crippen LogP contribution in [0.3, 0.4) is 0 Å². The van der Waals surface area contributed by atoms with Crippen molar-refractivity contribution in [1.82, 2.24) is 9.36 Å². The zero-order valence-corrected chi connectivity index (χ0v) is 11.7. The van der Waals surface area contributed by atoms with Gasteiger partial charge in [-0.1, -0.05) is 6.07 Å². The molecule has 6 nitrogen and oxygen atoms in total. The molecule has 0 amide bonds. The van der Waals surface area contributed by atoms with Gasteiger partial charge in [-0.15, -0.1) is 0 Å². The molecule has 0 radical (unpaired) electrons. The minimum Gasteiger partial charge on any atom is -0.391 e. The molecule has 0 aliphatic carbocycles. The first kappa shape index (κ1) is 12.8. The lowest BCUT2D eigenvalue weighted by Gasteiger charge is -2.09. The molecular formula is C14H20N5O+. The summed E-state index contributed by atoms with van der Waals surface area (Å²) in [6.07, 6.45) is 3.91. The number of nitrogens with zero attached hydrogens (tertiary/aromatic N) is 3. The van der Waals surface area contributed by atoms with E-state index in [1.54, 1.807) is 4.68 Å². The molecule has 0 bridgehead atoms. The second kappa shape index (κ2) is 5.03. The zero-order chi connectivity index (χ0) is 14.1. The van der Waals surface area contributed by atoms with Crippen LogP contribution in [-0.4, -0.2) is 15.9 Å². The van der Waals surface area contributed by atoms with Gasteiger partial charge in [-0.3, -0.25) is 9.48 Å². The van der Waals surface area contributed by atoms with Crippen LogP contribution in [-0.2, 0) is 26.6 Å². The van der Waals surface area contributed by atoms with Gasteiger partial charge >= 0.3 is 0 Å². The van der Waals surface area contributed by atoms with Gasteiger partial charge in [0.1, 0.15) is 18.6 Å². The molecule has 2 aromatic heterocycles. The maximum absolute atomic E-state index is 11.9. The third kappa shape index (κ3) is 2.07. The summed E-state index contributed by atoms with van der Waals surface area (Å²) in [4.78, 5) is 11.9. The number of nitrogens with two attached hydrogens (primary N) is 1. The van der Waals surface area contributed by atoms with Crippen LogP contribution in [0, 0.1) is 0 Å². The molecular weight excluding hydrogens is 254 g/mol. The van der Waals surface area contributed by atoms with E-state index in [4.69, 9.17) is 5.73 Å². The normalized spacial score (nSPS) is 13.4. The first-order valence-electron chi connectivity index (χ1n) is 6.95. The summed E-state index contributed by atoms with van der Waals surface area (Å²) < 4.78 is 5.78. The number of nitrogens with one attached hydrogen (secondary N) is 1. The molecule has 0 aromatic carbocycles. The third-order valence-corrected chi connectivity index (χ3v) is 3.85. The largest absolute Gasteiger partial charge is 0.391 e. The lowest BCUT2D eigenvalue weighted by Crippen LogP contribution is -2.33. The fourth-order valence-corrected chi connectivity index (χ4v) is 2.75. The van der Waals surface area contributed by atoms with E-state index in [0.29, 0.717) is 5.69 Å². The lowest BCUT2D eigenvalue weighted by atomic mass is 10.2. The molecule has 0 saturated carbocycles. The Hall–Kier alpha value is -2.24. The quantitative estimate of drug-likeness (QED) is 0.778. The molecule has 0 fully saturated rings. The number of aromatic nitrogens is 3. The summed E-state index contributed by atoms with van der Waals surface area (Å²) in [7, 11) is 2.03. The van der Waals surface area contributed by atoms with Crippen molar-refractivity contribution in [3.63, 3.8) is 0 Å². The fourth-order valence-electron chi connectivity index (χ4n) is 2.75. The number of nitrogen functional groups attached to an aromatic ring is 1. The molecule has 3 rings (SSSR count). The number of pyridine rings is 1. The average Bonchev–Trinajstić information content (AvgIpc) is 3.00. The van der Waals surface area contributed by atoms with Crippen molar-refractivity contribution >= 4 is 11.5 Å². The Morgan fingerprint density at radius 2 is 2.15 bits per heavy atom. The van der Waals surface area contributed by atoms with Crippen LogP contribution >= 0.6 is 0 Å². The standard InChI is InChI=1S/C14H19N5O/c1-17-8-3-2-5-11(17)6-7-16-13-12(15)14(20)19-10-4-9-18(13)19/h2-3,5,8H,4,6-7,9-10,15H2,1H3/p+1. The molecule has 20 heavy (non-hydrogen) atoms. The molecule has 106 valence electrons. The molecule has 1 aliphatic rings. The number of hydrogen-bond donors (Lipinski definition) is 2. The van der Waals surface area contributed by atoms with Gasteiger partial charge in [0, 0.05) is 38.2 Å². The maximum atomic E-state index is 11.9. The van der Waals surface area contributed by atoms with E-state index in [1.165, 1.54) is 5.69 Å². The Morgan fingerprint density at radius 3 is 2.95 bits per heavy atom. The monoisotopic (exact) mass is 274 g/mol. The SMILES string of the molecule is C[n+]1ccccc1CCNc1c(N)c(=O)n2n1CCC2. The highest BCUT2D eigenvalue weighted by Crippen LogP contribution is 2.19. The van der Waals surface area contributed by atoms with Gasteiger partial charge in [-0.25, -0.2) is 9.25 Å². The zero-order valence-electron chi connectivity index (χ0n) is 11.7. The van der Waals surface area contributed by atoms with E-state index in [9.17, 15) is 4.79 Å². The summed E-state index contributed by atoms with van der Waals surface area (Å²) in [5, 5.41) is 3.31. The van der Waals surface area contributed by atoms with Crippen molar-refractivity contribution in [2.24, 2.45) is 7.05 Å². The van der Waals surface area contributed by atoms with Crippen LogP contribution in [0.25, 0.3) is 0 Å². The van der Waals surface area contributed by atoms with E-state index in [2.05, 4.69) is 16.0 Å². The highest BCUT2D eigenvalue weighted by Gasteiger charge is 2.21. The van der Waals surface area contributed by atoms with Gasteiger partial charge in [0.05, 0.1) is 0 Å². The summed E-state index contributed by atoms with van der Waals surface area (Å²) >= 11 is 0. The molecule has 0 unspecified atom stereocenters. The Morgan fingerprint density at radius 1 is 1.35 bits per heavy atom. The Bertz CT molecular complexity index is 685. The highest BCUT2D eigenvalue weighted by atomic mass is 16.1. The van der Waals surface area contributed by atoms with Crippen LogP contribution in [0.15, 0.2) is 29.2 Å². The average molecular weight is 274 g/mol. The minimum absolute atomic E-state index is 0.0738. The van der Waals surface area contributed by atoms with Crippen LogP contribution in [0.2, 0.25) is 0 Å². The molecule has 2 aromatic rings. The van der Waals surface area contributed by atoms with Crippen molar-refractivity contribution in [3.8, 4) is 0 Å². The maximum Gasteiger partial charge on any atom is 0.292 e. The molecule has 0 saturated heterocycles. The summed E-state index contributed by atoms with van der Waals surface area (Å²) in [6.45, 7) is 2.37. The van der Waals surface area contributed by atoms with Crippen LogP contribution in [0.1, 0.15) is 12.1 Å². The smallest absolute Gasteiger partial charge is 0.292 e. The number of anilines is 2. The van der Waals surface area contributed by atoms with Gasteiger partial charge in [-0.05, 0) is 6.42 Å². The number of aryl methyl sites for hydroxylation is 1. The van der Waals surface area contributed by atoms with Crippen LogP contribution in [0.4, 0.5) is 11.5 Å². The predicted molar refractivity (Wildman–Crippen MR) is 77.5 cm³/mol. The van der Waals surface area contributed by atoms with E-state index < -0.39 is 0 Å². The van der Waals surface area contributed by atoms with Crippen molar-refractivity contribution < 1.29 is 4.57 Å². The summed E-state index contributed by atoms with van der Waals surface area (Å²) in [5.74, 6) is 0.770. The van der Waals surface area contributed by atoms with Gasteiger partial charge in [-0.2, -0.15) is 0 Å². The number of fused-ring (bicyclic) bond motifs is 1. The van der Waals surface area contributed by atoms with Crippen LogP contribution < -0.4 is 21.2 Å². The van der Waals surface area contributed by atoms with Gasteiger partial charge in [0.25, 0.3) is 5.56 Å². The van der Waals surface area contributed by atoms with Crippen molar-refractivity contribution in [3.05, 3.63) is 40.4 Å². The molecule has 3 N–H and O–H groups in total. The first-order chi connectivity index (χ1) is 9.68. The predicted octanol–water partition coefficient (Wildman–Crippen LogP) is 0.115. The highest BCUT2D eigenvalue weighted by molar-refractivity contribution is 5.61. The molecule has 0 atom stereocenters. The number of hydrogen-bond acceptors (Lipinski definition) is 3. The second-order valence-electron chi connectivity index (χ2n) is 5.15. The Balaban J connectivity index is 1.72. The molecule has 1 aliphatic heterocycles. The lowest BCUT2D eigenvalue weighted by molar-refractivity contribution is -0.679. The second-order valence-corrected chi connectivity index (χ2v) is 5.15. The third-order valence-electron chi connectivity index (χ3n) is 3.85. The molecule has 3 heterocycles. The first-order valence-corrected chi connectivity index (χ1v) is 6.95. The summed E-state index contributed by atoms with van der Waals surface area (Å²) in [5.41, 5.74) is 7.40. The molecule has 6 heteroatoms. The van der Waals surface area contributed by atoms with E-state index in [0.717, 1.165) is 38.3 Å². The van der Waals surface area contributed by atoms with Crippen LogP contribution in [0.5, 0.6) is 0 Å². The Labute approximate surface area is 117 Å². The van der Waals surface area contributed by atoms with Crippen molar-refractivity contribution in [2.45, 2.75) is 25.9 Å². The Kier molecular flexibility index (Phi) is 3.22. The number of rotatable bonds is 4. The van der Waals surface area contributed by atoms with E-state index in [1.807, 2.05) is 30.1 Å². The van der Waals surface area contributed by atoms with Gasteiger partial charge in [0.15, 0.2) is 11.9 Å². The van der Waals surface area contributed by atoms with Crippen molar-refractivity contribution in [2.75, 3.05) is 17.6 Å². The fraction of sp³-hybridized carbons (Fsp3) is 0.429.